The van der Waals surface area contributed by atoms with Crippen LogP contribution in [-0.2, 0) is 14.3 Å². The van der Waals surface area contributed by atoms with E-state index in [4.69, 9.17) is 4.74 Å². The Morgan fingerprint density at radius 3 is 2.76 bits per heavy atom. The molecule has 2 aliphatic carbocycles. The average Bonchev–Trinajstić information content (AvgIpc) is 2.89. The van der Waals surface area contributed by atoms with Crippen LogP contribution in [0.3, 0.4) is 0 Å². The molecular formula is C15H18O6. The second kappa shape index (κ2) is 4.18. The summed E-state index contributed by atoms with van der Waals surface area (Å²) >= 11 is 0. The Labute approximate surface area is 121 Å². The summed E-state index contributed by atoms with van der Waals surface area (Å²) in [6.45, 7) is 2.94. The molecule has 3 aliphatic rings. The molecule has 0 amide bonds. The van der Waals surface area contributed by atoms with Crippen LogP contribution < -0.4 is 0 Å². The smallest absolute Gasteiger partial charge is 0.341 e. The maximum Gasteiger partial charge on any atom is 0.341 e. The Morgan fingerprint density at radius 1 is 1.52 bits per heavy atom. The lowest BCUT2D eigenvalue weighted by Crippen LogP contribution is -2.65. The van der Waals surface area contributed by atoms with Gasteiger partial charge in [-0.3, -0.25) is 0 Å². The van der Waals surface area contributed by atoms with E-state index in [0.717, 1.165) is 5.57 Å². The van der Waals surface area contributed by atoms with Crippen molar-refractivity contribution < 1.29 is 29.6 Å². The Kier molecular flexibility index (Phi) is 2.84. The highest BCUT2D eigenvalue weighted by Crippen LogP contribution is 2.63. The number of aliphatic hydroxyl groups excluding tert-OH is 1. The first kappa shape index (κ1) is 14.3. The number of allylic oxidation sites excluding steroid dienone is 2. The minimum Gasteiger partial charge on any atom is -0.478 e. The van der Waals surface area contributed by atoms with Crippen molar-refractivity contribution in [3.05, 3.63) is 23.3 Å². The number of aliphatic carboxylic acids is 1. The van der Waals surface area contributed by atoms with Crippen molar-refractivity contribution in [2.75, 3.05) is 13.2 Å². The van der Waals surface area contributed by atoms with Gasteiger partial charge in [-0.05, 0) is 18.8 Å². The molecule has 1 fully saturated rings. The molecule has 1 spiro atoms. The van der Waals surface area contributed by atoms with Gasteiger partial charge in [0.25, 0.3) is 0 Å². The van der Waals surface area contributed by atoms with E-state index in [0.29, 0.717) is 0 Å². The number of esters is 1. The molecule has 6 heteroatoms. The van der Waals surface area contributed by atoms with Gasteiger partial charge in [-0.1, -0.05) is 24.6 Å². The third-order valence-corrected chi connectivity index (χ3v) is 5.50. The molecule has 6 nitrogen and oxygen atoms in total. The number of cyclic esters (lactones) is 1. The predicted octanol–water partition coefficient (Wildman–Crippen LogP) is 0.106. The third-order valence-electron chi connectivity index (χ3n) is 5.50. The zero-order valence-electron chi connectivity index (χ0n) is 11.9. The van der Waals surface area contributed by atoms with Crippen LogP contribution in [0.15, 0.2) is 23.3 Å². The number of carboxylic acids is 1. The number of ether oxygens (including phenoxy) is 1. The van der Waals surface area contributed by atoms with Crippen molar-refractivity contribution in [1.29, 1.82) is 0 Å². The highest BCUT2D eigenvalue weighted by atomic mass is 16.6. The lowest BCUT2D eigenvalue weighted by molar-refractivity contribution is -0.212. The highest BCUT2D eigenvalue weighted by molar-refractivity contribution is 5.91. The fourth-order valence-corrected chi connectivity index (χ4v) is 4.27. The van der Waals surface area contributed by atoms with Crippen molar-refractivity contribution in [3.8, 4) is 0 Å². The molecular weight excluding hydrogens is 276 g/mol. The zero-order valence-corrected chi connectivity index (χ0v) is 11.9. The van der Waals surface area contributed by atoms with Gasteiger partial charge >= 0.3 is 11.9 Å². The summed E-state index contributed by atoms with van der Waals surface area (Å²) < 4.78 is 4.97. The summed E-state index contributed by atoms with van der Waals surface area (Å²) in [4.78, 5) is 23.6. The van der Waals surface area contributed by atoms with Gasteiger partial charge in [0.05, 0.1) is 13.2 Å². The Balaban J connectivity index is 2.23. The summed E-state index contributed by atoms with van der Waals surface area (Å²) in [6.07, 6.45) is 3.39. The number of hydrogen-bond acceptors (Lipinski definition) is 5. The average molecular weight is 294 g/mol. The quantitative estimate of drug-likeness (QED) is 0.493. The normalized spacial score (nSPS) is 44.6. The van der Waals surface area contributed by atoms with Gasteiger partial charge in [0.2, 0.25) is 0 Å². The van der Waals surface area contributed by atoms with E-state index in [2.05, 4.69) is 0 Å². The van der Waals surface area contributed by atoms with Crippen LogP contribution in [0.2, 0.25) is 0 Å². The molecule has 0 radical (unpaired) electrons. The number of carbonyl (C=O) groups excluding carboxylic acids is 1. The molecule has 3 unspecified atom stereocenters. The molecule has 1 heterocycles. The Hall–Kier alpha value is -1.66. The van der Waals surface area contributed by atoms with E-state index in [9.17, 15) is 24.9 Å². The molecule has 5 atom stereocenters. The fraction of sp³-hybridized carbons (Fsp3) is 0.600. The van der Waals surface area contributed by atoms with E-state index in [-0.39, 0.29) is 24.0 Å². The minimum absolute atomic E-state index is 0.00618. The maximum atomic E-state index is 12.1. The highest BCUT2D eigenvalue weighted by Gasteiger charge is 2.71. The molecule has 3 rings (SSSR count). The fourth-order valence-electron chi connectivity index (χ4n) is 4.27. The predicted molar refractivity (Wildman–Crippen MR) is 71.0 cm³/mol. The minimum atomic E-state index is -2.11. The molecule has 21 heavy (non-hydrogen) atoms. The molecule has 0 aromatic heterocycles. The largest absolute Gasteiger partial charge is 0.478 e. The van der Waals surface area contributed by atoms with Crippen LogP contribution in [0.4, 0.5) is 0 Å². The lowest BCUT2D eigenvalue weighted by Gasteiger charge is -2.49. The third kappa shape index (κ3) is 1.44. The summed E-state index contributed by atoms with van der Waals surface area (Å²) in [5.74, 6) is -2.95. The summed E-state index contributed by atoms with van der Waals surface area (Å²) in [6, 6.07) is 0. The second-order valence-electron chi connectivity index (χ2n) is 6.23. The van der Waals surface area contributed by atoms with Crippen molar-refractivity contribution in [2.45, 2.75) is 19.4 Å². The van der Waals surface area contributed by atoms with Crippen LogP contribution >= 0.6 is 0 Å². The van der Waals surface area contributed by atoms with Crippen LogP contribution in [-0.4, -0.2) is 46.1 Å². The van der Waals surface area contributed by atoms with Gasteiger partial charge < -0.3 is 20.1 Å². The molecule has 1 saturated heterocycles. The summed E-state index contributed by atoms with van der Waals surface area (Å²) in [5.41, 5.74) is -2.11. The van der Waals surface area contributed by atoms with Crippen LogP contribution in [0.1, 0.15) is 13.8 Å². The van der Waals surface area contributed by atoms with Gasteiger partial charge in [-0.2, -0.15) is 0 Å². The van der Waals surface area contributed by atoms with Crippen LogP contribution in [0.5, 0.6) is 0 Å². The van der Waals surface area contributed by atoms with Crippen molar-refractivity contribution in [2.24, 2.45) is 23.2 Å². The molecule has 1 aliphatic heterocycles. The molecule has 0 aromatic rings. The van der Waals surface area contributed by atoms with Crippen LogP contribution in [0.25, 0.3) is 0 Å². The molecule has 0 bridgehead atoms. The summed E-state index contributed by atoms with van der Waals surface area (Å²) in [5, 5.41) is 29.9. The Bertz CT molecular complexity index is 591. The molecule has 114 valence electrons. The van der Waals surface area contributed by atoms with Gasteiger partial charge in [-0.15, -0.1) is 0 Å². The van der Waals surface area contributed by atoms with Crippen molar-refractivity contribution in [3.63, 3.8) is 0 Å². The molecule has 3 N–H and O–H groups in total. The van der Waals surface area contributed by atoms with Gasteiger partial charge in [0.1, 0.15) is 0 Å². The van der Waals surface area contributed by atoms with E-state index >= 15 is 0 Å². The Morgan fingerprint density at radius 2 is 2.19 bits per heavy atom. The van der Waals surface area contributed by atoms with E-state index in [1.54, 1.807) is 12.2 Å². The second-order valence-corrected chi connectivity index (χ2v) is 6.23. The van der Waals surface area contributed by atoms with Crippen molar-refractivity contribution in [1.82, 2.24) is 0 Å². The first-order chi connectivity index (χ1) is 9.79. The van der Waals surface area contributed by atoms with E-state index in [1.807, 2.05) is 13.8 Å². The molecule has 0 saturated carbocycles. The first-order valence-electron chi connectivity index (χ1n) is 6.94. The maximum absolute atomic E-state index is 12.1. The number of rotatable bonds is 2. The van der Waals surface area contributed by atoms with E-state index < -0.39 is 35.5 Å². The zero-order chi connectivity index (χ0) is 15.6. The number of carbonyl (C=O) groups is 2. The summed E-state index contributed by atoms with van der Waals surface area (Å²) in [7, 11) is 0. The monoisotopic (exact) mass is 294 g/mol. The van der Waals surface area contributed by atoms with Gasteiger partial charge in [0, 0.05) is 16.9 Å². The van der Waals surface area contributed by atoms with Crippen molar-refractivity contribution >= 4 is 11.9 Å². The topological polar surface area (TPSA) is 104 Å². The first-order valence-corrected chi connectivity index (χ1v) is 6.94. The number of hydrogen-bond donors (Lipinski definition) is 3. The lowest BCUT2D eigenvalue weighted by atomic mass is 9.59. The standard InChI is InChI=1S/C15H18O6/c1-7-4-14-10(8(7)2)3-9(12(17)18)11(14)5-21-13(19)15(14,20)6-16/h3-4,8,10-11,16,20H,5-6H2,1-2H3,(H,17,18)/t8-,10?,11?,14?,15+/m0/s1. The van der Waals surface area contributed by atoms with Gasteiger partial charge in [0.15, 0.2) is 5.60 Å². The molecule has 0 aromatic carbocycles. The number of aliphatic hydroxyl groups is 2. The SMILES string of the molecule is CC1=CC23C(COC(=O)[C@]2(O)CO)C(C(=O)O)=CC3[C@H]1C. The van der Waals surface area contributed by atoms with Gasteiger partial charge in [-0.25, -0.2) is 9.59 Å². The van der Waals surface area contributed by atoms with E-state index in [1.165, 1.54) is 0 Å². The number of carboxylic acid groups (broad SMARTS) is 1. The van der Waals surface area contributed by atoms with Crippen LogP contribution in [0, 0.1) is 23.2 Å².